The molecule has 1 amide bonds. The second-order valence-corrected chi connectivity index (χ2v) is 4.95. The molecular formula is C12H17BrN2O. The molecule has 0 aromatic heterocycles. The van der Waals surface area contributed by atoms with Crippen LogP contribution in [0.4, 0.5) is 0 Å². The number of hydrogen-bond acceptors (Lipinski definition) is 2. The maximum absolute atomic E-state index is 12.0. The van der Waals surface area contributed by atoms with E-state index in [9.17, 15) is 4.79 Å². The number of rotatable bonds is 4. The van der Waals surface area contributed by atoms with Gasteiger partial charge in [0.25, 0.3) is 5.91 Å². The Morgan fingerprint density at radius 2 is 2.00 bits per heavy atom. The fourth-order valence-electron chi connectivity index (χ4n) is 1.44. The monoisotopic (exact) mass is 284 g/mol. The van der Waals surface area contributed by atoms with E-state index in [2.05, 4.69) is 15.9 Å². The van der Waals surface area contributed by atoms with E-state index in [0.717, 1.165) is 4.47 Å². The molecule has 0 heterocycles. The van der Waals surface area contributed by atoms with Gasteiger partial charge >= 0.3 is 0 Å². The van der Waals surface area contributed by atoms with Gasteiger partial charge in [0.2, 0.25) is 0 Å². The van der Waals surface area contributed by atoms with Gasteiger partial charge in [-0.2, -0.15) is 0 Å². The van der Waals surface area contributed by atoms with E-state index < -0.39 is 0 Å². The van der Waals surface area contributed by atoms with Gasteiger partial charge in [-0.05, 0) is 36.7 Å². The first kappa shape index (κ1) is 13.2. The first-order valence-electron chi connectivity index (χ1n) is 5.25. The van der Waals surface area contributed by atoms with E-state index in [1.165, 1.54) is 0 Å². The van der Waals surface area contributed by atoms with Crippen molar-refractivity contribution >= 4 is 21.8 Å². The summed E-state index contributed by atoms with van der Waals surface area (Å²) < 4.78 is 0.974. The number of hydrogen-bond donors (Lipinski definition) is 1. The van der Waals surface area contributed by atoms with Gasteiger partial charge in [0.1, 0.15) is 0 Å². The highest BCUT2D eigenvalue weighted by molar-refractivity contribution is 9.10. The number of halogens is 1. The first-order valence-corrected chi connectivity index (χ1v) is 6.05. The van der Waals surface area contributed by atoms with Crippen molar-refractivity contribution in [1.29, 1.82) is 0 Å². The maximum atomic E-state index is 12.0. The molecule has 0 aliphatic carbocycles. The molecule has 4 heteroatoms. The van der Waals surface area contributed by atoms with Gasteiger partial charge in [-0.3, -0.25) is 4.79 Å². The summed E-state index contributed by atoms with van der Waals surface area (Å²) in [6, 6.07) is 7.37. The number of carbonyl (C=O) groups is 1. The average Bonchev–Trinajstić information content (AvgIpc) is 2.28. The summed E-state index contributed by atoms with van der Waals surface area (Å²) in [6.07, 6.45) is 0. The van der Waals surface area contributed by atoms with Crippen LogP contribution in [0.5, 0.6) is 0 Å². The third-order valence-corrected chi connectivity index (χ3v) is 2.95. The summed E-state index contributed by atoms with van der Waals surface area (Å²) in [7, 11) is 1.80. The van der Waals surface area contributed by atoms with Crippen LogP contribution < -0.4 is 5.73 Å². The molecule has 2 N–H and O–H groups in total. The molecule has 0 aliphatic heterocycles. The summed E-state index contributed by atoms with van der Waals surface area (Å²) in [5.41, 5.74) is 6.24. The van der Waals surface area contributed by atoms with Crippen LogP contribution in [-0.2, 0) is 0 Å². The molecule has 3 nitrogen and oxygen atoms in total. The van der Waals surface area contributed by atoms with Gasteiger partial charge in [0.05, 0.1) is 0 Å². The molecule has 0 bridgehead atoms. The van der Waals surface area contributed by atoms with Crippen LogP contribution in [0.1, 0.15) is 17.3 Å². The van der Waals surface area contributed by atoms with Crippen molar-refractivity contribution in [3.63, 3.8) is 0 Å². The van der Waals surface area contributed by atoms with Crippen molar-refractivity contribution in [2.75, 3.05) is 20.1 Å². The van der Waals surface area contributed by atoms with Gasteiger partial charge in [-0.15, -0.1) is 0 Å². The smallest absolute Gasteiger partial charge is 0.253 e. The van der Waals surface area contributed by atoms with Crippen LogP contribution in [-0.4, -0.2) is 30.9 Å². The number of carbonyl (C=O) groups excluding carboxylic acids is 1. The fourth-order valence-corrected chi connectivity index (χ4v) is 1.70. The minimum Gasteiger partial charge on any atom is -0.341 e. The lowest BCUT2D eigenvalue weighted by Gasteiger charge is -2.20. The lowest BCUT2D eigenvalue weighted by atomic mass is 10.1. The summed E-state index contributed by atoms with van der Waals surface area (Å²) in [6.45, 7) is 3.31. The van der Waals surface area contributed by atoms with Gasteiger partial charge in [0.15, 0.2) is 0 Å². The Hall–Kier alpha value is -0.870. The van der Waals surface area contributed by atoms with Crippen molar-refractivity contribution in [2.45, 2.75) is 6.92 Å². The fraction of sp³-hybridized carbons (Fsp3) is 0.417. The molecule has 88 valence electrons. The minimum atomic E-state index is 0.0350. The molecule has 1 aromatic rings. The zero-order chi connectivity index (χ0) is 12.1. The van der Waals surface area contributed by atoms with Gasteiger partial charge in [-0.25, -0.2) is 0 Å². The Kier molecular flexibility index (Phi) is 4.96. The van der Waals surface area contributed by atoms with Gasteiger partial charge in [0, 0.05) is 23.6 Å². The van der Waals surface area contributed by atoms with Crippen molar-refractivity contribution in [2.24, 2.45) is 11.7 Å². The Morgan fingerprint density at radius 3 is 2.50 bits per heavy atom. The molecule has 16 heavy (non-hydrogen) atoms. The third kappa shape index (κ3) is 3.61. The zero-order valence-corrected chi connectivity index (χ0v) is 11.2. The molecule has 0 spiro atoms. The summed E-state index contributed by atoms with van der Waals surface area (Å²) >= 11 is 3.34. The summed E-state index contributed by atoms with van der Waals surface area (Å²) in [5.74, 6) is 0.359. The molecule has 1 rings (SSSR count). The van der Waals surface area contributed by atoms with E-state index in [4.69, 9.17) is 5.73 Å². The highest BCUT2D eigenvalue weighted by Crippen LogP contribution is 2.12. The normalized spacial score (nSPS) is 12.2. The van der Waals surface area contributed by atoms with Crippen LogP contribution in [0.3, 0.4) is 0 Å². The lowest BCUT2D eigenvalue weighted by molar-refractivity contribution is 0.0777. The van der Waals surface area contributed by atoms with Crippen LogP contribution in [0.15, 0.2) is 28.7 Å². The largest absolute Gasteiger partial charge is 0.341 e. The molecule has 0 aliphatic rings. The van der Waals surface area contributed by atoms with Crippen molar-refractivity contribution in [3.05, 3.63) is 34.3 Å². The maximum Gasteiger partial charge on any atom is 0.253 e. The zero-order valence-electron chi connectivity index (χ0n) is 9.61. The minimum absolute atomic E-state index is 0.0350. The third-order valence-electron chi connectivity index (χ3n) is 2.43. The first-order chi connectivity index (χ1) is 7.54. The molecule has 1 aromatic carbocycles. The molecule has 1 atom stereocenters. The Morgan fingerprint density at radius 1 is 1.44 bits per heavy atom. The van der Waals surface area contributed by atoms with E-state index in [0.29, 0.717) is 24.6 Å². The average molecular weight is 285 g/mol. The van der Waals surface area contributed by atoms with E-state index >= 15 is 0 Å². The Balaban J connectivity index is 2.67. The van der Waals surface area contributed by atoms with Crippen LogP contribution in [0.2, 0.25) is 0 Å². The number of nitrogens with two attached hydrogens (primary N) is 1. The topological polar surface area (TPSA) is 46.3 Å². The number of benzene rings is 1. The standard InChI is InChI=1S/C12H17BrN2O/c1-9(7-14)8-15(2)12(16)10-3-5-11(13)6-4-10/h3-6,9H,7-8,14H2,1-2H3. The van der Waals surface area contributed by atoms with Crippen LogP contribution in [0, 0.1) is 5.92 Å². The molecule has 1 unspecified atom stereocenters. The Bertz CT molecular complexity index is 351. The molecular weight excluding hydrogens is 268 g/mol. The summed E-state index contributed by atoms with van der Waals surface area (Å²) in [4.78, 5) is 13.7. The summed E-state index contributed by atoms with van der Waals surface area (Å²) in [5, 5.41) is 0. The van der Waals surface area contributed by atoms with E-state index in [-0.39, 0.29) is 5.91 Å². The lowest BCUT2D eigenvalue weighted by Crippen LogP contribution is -2.33. The van der Waals surface area contributed by atoms with Crippen molar-refractivity contribution < 1.29 is 4.79 Å². The second kappa shape index (κ2) is 6.01. The SMILES string of the molecule is CC(CN)CN(C)C(=O)c1ccc(Br)cc1. The highest BCUT2D eigenvalue weighted by Gasteiger charge is 2.13. The predicted octanol–water partition coefficient (Wildman–Crippen LogP) is 2.12. The van der Waals surface area contributed by atoms with Crippen LogP contribution >= 0.6 is 15.9 Å². The second-order valence-electron chi connectivity index (χ2n) is 4.03. The predicted molar refractivity (Wildman–Crippen MR) is 69.3 cm³/mol. The Labute approximate surface area is 105 Å². The number of nitrogens with zero attached hydrogens (tertiary/aromatic N) is 1. The number of amides is 1. The molecule has 0 saturated carbocycles. The van der Waals surface area contributed by atoms with Crippen molar-refractivity contribution in [1.82, 2.24) is 4.90 Å². The van der Waals surface area contributed by atoms with Gasteiger partial charge < -0.3 is 10.6 Å². The van der Waals surface area contributed by atoms with E-state index in [1.54, 1.807) is 11.9 Å². The van der Waals surface area contributed by atoms with Crippen LogP contribution in [0.25, 0.3) is 0 Å². The molecule has 0 radical (unpaired) electrons. The quantitative estimate of drug-likeness (QED) is 0.921. The molecule has 0 saturated heterocycles. The molecule has 0 fully saturated rings. The van der Waals surface area contributed by atoms with Gasteiger partial charge in [-0.1, -0.05) is 22.9 Å². The highest BCUT2D eigenvalue weighted by atomic mass is 79.9. The van der Waals surface area contributed by atoms with Crippen molar-refractivity contribution in [3.8, 4) is 0 Å². The van der Waals surface area contributed by atoms with E-state index in [1.807, 2.05) is 31.2 Å².